The van der Waals surface area contributed by atoms with E-state index in [4.69, 9.17) is 0 Å². The molecule has 152 valence electrons. The van der Waals surface area contributed by atoms with E-state index in [0.29, 0.717) is 16.7 Å². The molecule has 0 aliphatic heterocycles. The number of sulfone groups is 1. The summed E-state index contributed by atoms with van der Waals surface area (Å²) >= 11 is 0. The zero-order valence-corrected chi connectivity index (χ0v) is 17.7. The van der Waals surface area contributed by atoms with Crippen LogP contribution in [0, 0.1) is 13.8 Å². The number of sulfonamides is 1. The summed E-state index contributed by atoms with van der Waals surface area (Å²) in [4.78, 5) is 12.4. The van der Waals surface area contributed by atoms with E-state index in [2.05, 4.69) is 10.0 Å². The van der Waals surface area contributed by atoms with E-state index in [1.807, 2.05) is 13.0 Å². The molecule has 2 N–H and O–H groups in total. The topological polar surface area (TPSA) is 109 Å². The molecule has 0 saturated carbocycles. The van der Waals surface area contributed by atoms with Crippen LogP contribution in [0.4, 0.5) is 0 Å². The molecule has 2 aromatic rings. The van der Waals surface area contributed by atoms with Crippen molar-refractivity contribution in [1.82, 2.24) is 10.0 Å². The van der Waals surface area contributed by atoms with Crippen LogP contribution < -0.4 is 10.0 Å². The lowest BCUT2D eigenvalue weighted by atomic mass is 10.1. The number of amides is 1. The van der Waals surface area contributed by atoms with Crippen LogP contribution in [0.3, 0.4) is 0 Å². The van der Waals surface area contributed by atoms with Crippen LogP contribution in [0.1, 0.15) is 27.0 Å². The molecule has 0 saturated heterocycles. The SMILES string of the molecule is Cc1ccc(C)c(S(=O)(=O)NCCNC(=O)c2cccc(CS(C)(=O)=O)c2)c1. The summed E-state index contributed by atoms with van der Waals surface area (Å²) in [5, 5.41) is 2.62. The molecule has 0 unspecified atom stereocenters. The number of aryl methyl sites for hydroxylation is 2. The van der Waals surface area contributed by atoms with Crippen LogP contribution in [0.5, 0.6) is 0 Å². The van der Waals surface area contributed by atoms with Crippen LogP contribution in [0.25, 0.3) is 0 Å². The van der Waals surface area contributed by atoms with E-state index in [1.165, 1.54) is 6.07 Å². The fourth-order valence-corrected chi connectivity index (χ4v) is 4.79. The molecular formula is C19H24N2O5S2. The summed E-state index contributed by atoms with van der Waals surface area (Å²) in [5.74, 6) is -0.551. The van der Waals surface area contributed by atoms with E-state index in [1.54, 1.807) is 37.3 Å². The first-order valence-electron chi connectivity index (χ1n) is 8.60. The number of carbonyl (C=O) groups excluding carboxylic acids is 1. The molecule has 1 amide bonds. The summed E-state index contributed by atoms with van der Waals surface area (Å²) < 4.78 is 50.1. The molecule has 0 radical (unpaired) electrons. The van der Waals surface area contributed by atoms with Gasteiger partial charge < -0.3 is 5.32 Å². The Hall–Kier alpha value is -2.23. The van der Waals surface area contributed by atoms with Crippen molar-refractivity contribution in [1.29, 1.82) is 0 Å². The average Bonchev–Trinajstić information content (AvgIpc) is 2.59. The minimum atomic E-state index is -3.67. The first-order valence-corrected chi connectivity index (χ1v) is 12.1. The summed E-state index contributed by atoms with van der Waals surface area (Å²) in [6, 6.07) is 11.5. The van der Waals surface area contributed by atoms with Gasteiger partial charge in [-0.05, 0) is 48.7 Å². The normalized spacial score (nSPS) is 12.0. The van der Waals surface area contributed by atoms with Gasteiger partial charge in [-0.1, -0.05) is 24.3 Å². The van der Waals surface area contributed by atoms with Gasteiger partial charge in [-0.25, -0.2) is 21.6 Å². The van der Waals surface area contributed by atoms with Gasteiger partial charge in [0.25, 0.3) is 5.91 Å². The minimum Gasteiger partial charge on any atom is -0.351 e. The lowest BCUT2D eigenvalue weighted by molar-refractivity contribution is 0.0954. The second-order valence-corrected chi connectivity index (χ2v) is 10.6. The van der Waals surface area contributed by atoms with Crippen molar-refractivity contribution >= 4 is 25.8 Å². The van der Waals surface area contributed by atoms with Crippen LogP contribution >= 0.6 is 0 Å². The standard InChI is InChI=1S/C19H24N2O5S2/c1-14-7-8-15(2)18(11-14)28(25,26)21-10-9-20-19(22)17-6-4-5-16(12-17)13-27(3,23)24/h4-8,11-12,21H,9-10,13H2,1-3H3,(H,20,22). The predicted molar refractivity (Wildman–Crippen MR) is 108 cm³/mol. The van der Waals surface area contributed by atoms with E-state index < -0.39 is 25.8 Å². The van der Waals surface area contributed by atoms with E-state index >= 15 is 0 Å². The summed E-state index contributed by atoms with van der Waals surface area (Å²) in [6.45, 7) is 3.67. The van der Waals surface area contributed by atoms with Gasteiger partial charge in [0.1, 0.15) is 0 Å². The maximum absolute atomic E-state index is 12.4. The van der Waals surface area contributed by atoms with E-state index in [0.717, 1.165) is 11.8 Å². The number of benzene rings is 2. The first kappa shape index (κ1) is 22.1. The number of nitrogens with one attached hydrogen (secondary N) is 2. The molecular weight excluding hydrogens is 400 g/mol. The second kappa shape index (κ2) is 8.85. The number of carbonyl (C=O) groups is 1. The van der Waals surface area contributed by atoms with Crippen molar-refractivity contribution in [2.75, 3.05) is 19.3 Å². The van der Waals surface area contributed by atoms with Gasteiger partial charge in [0.15, 0.2) is 9.84 Å². The molecule has 2 aromatic carbocycles. The van der Waals surface area contributed by atoms with Gasteiger partial charge in [-0.2, -0.15) is 0 Å². The lowest BCUT2D eigenvalue weighted by Gasteiger charge is -2.11. The van der Waals surface area contributed by atoms with Crippen molar-refractivity contribution in [3.63, 3.8) is 0 Å². The second-order valence-electron chi connectivity index (χ2n) is 6.69. The van der Waals surface area contributed by atoms with Crippen molar-refractivity contribution in [2.45, 2.75) is 24.5 Å². The molecule has 0 atom stereocenters. The van der Waals surface area contributed by atoms with Gasteiger partial charge >= 0.3 is 0 Å². The Balaban J connectivity index is 1.94. The summed E-state index contributed by atoms with van der Waals surface area (Å²) in [7, 11) is -6.87. The van der Waals surface area contributed by atoms with Gasteiger partial charge in [0, 0.05) is 24.9 Å². The molecule has 28 heavy (non-hydrogen) atoms. The Labute approximate surface area is 166 Å². The largest absolute Gasteiger partial charge is 0.351 e. The highest BCUT2D eigenvalue weighted by Gasteiger charge is 2.16. The Bertz CT molecular complexity index is 1080. The zero-order valence-electron chi connectivity index (χ0n) is 16.0. The smallest absolute Gasteiger partial charge is 0.251 e. The first-order chi connectivity index (χ1) is 13.0. The van der Waals surface area contributed by atoms with Crippen molar-refractivity contribution in [2.24, 2.45) is 0 Å². The zero-order chi connectivity index (χ0) is 20.9. The molecule has 7 nitrogen and oxygen atoms in total. The molecule has 0 aliphatic carbocycles. The molecule has 0 fully saturated rings. The molecule has 0 heterocycles. The van der Waals surface area contributed by atoms with Crippen LogP contribution in [-0.2, 0) is 25.6 Å². The monoisotopic (exact) mass is 424 g/mol. The molecule has 0 aromatic heterocycles. The third-order valence-electron chi connectivity index (χ3n) is 3.95. The van der Waals surface area contributed by atoms with Crippen molar-refractivity contribution < 1.29 is 21.6 Å². The molecule has 2 rings (SSSR count). The number of hydrogen-bond acceptors (Lipinski definition) is 5. The number of hydrogen-bond donors (Lipinski definition) is 2. The maximum Gasteiger partial charge on any atom is 0.251 e. The van der Waals surface area contributed by atoms with E-state index in [-0.39, 0.29) is 23.7 Å². The fraction of sp³-hybridized carbons (Fsp3) is 0.316. The number of rotatable bonds is 8. The molecule has 0 bridgehead atoms. The highest BCUT2D eigenvalue weighted by molar-refractivity contribution is 7.90. The van der Waals surface area contributed by atoms with Gasteiger partial charge in [-0.15, -0.1) is 0 Å². The Morgan fingerprint density at radius 1 is 0.964 bits per heavy atom. The molecule has 9 heteroatoms. The minimum absolute atomic E-state index is 0.0322. The van der Waals surface area contributed by atoms with Gasteiger partial charge in [0.05, 0.1) is 10.6 Å². The quantitative estimate of drug-likeness (QED) is 0.625. The Morgan fingerprint density at radius 3 is 2.36 bits per heavy atom. The third-order valence-corrected chi connectivity index (χ3v) is 6.41. The van der Waals surface area contributed by atoms with Gasteiger partial charge in [-0.3, -0.25) is 4.79 Å². The maximum atomic E-state index is 12.4. The highest BCUT2D eigenvalue weighted by atomic mass is 32.2. The molecule has 0 spiro atoms. The van der Waals surface area contributed by atoms with Crippen LogP contribution in [0.2, 0.25) is 0 Å². The lowest BCUT2D eigenvalue weighted by Crippen LogP contribution is -2.35. The van der Waals surface area contributed by atoms with Crippen LogP contribution in [0.15, 0.2) is 47.4 Å². The highest BCUT2D eigenvalue weighted by Crippen LogP contribution is 2.16. The Kier molecular flexibility index (Phi) is 6.97. The predicted octanol–water partition coefficient (Wildman–Crippen LogP) is 1.56. The van der Waals surface area contributed by atoms with E-state index in [9.17, 15) is 21.6 Å². The molecule has 0 aliphatic rings. The third kappa shape index (κ3) is 6.43. The van der Waals surface area contributed by atoms with Crippen molar-refractivity contribution in [3.8, 4) is 0 Å². The Morgan fingerprint density at radius 2 is 1.68 bits per heavy atom. The summed E-state index contributed by atoms with van der Waals surface area (Å²) in [5.41, 5.74) is 2.32. The van der Waals surface area contributed by atoms with Crippen LogP contribution in [-0.4, -0.2) is 42.1 Å². The average molecular weight is 425 g/mol. The van der Waals surface area contributed by atoms with Crippen molar-refractivity contribution in [3.05, 3.63) is 64.7 Å². The summed E-state index contributed by atoms with van der Waals surface area (Å²) in [6.07, 6.45) is 1.13. The fourth-order valence-electron chi connectivity index (χ4n) is 2.64. The van der Waals surface area contributed by atoms with Gasteiger partial charge in [0.2, 0.25) is 10.0 Å².